The fourth-order valence-electron chi connectivity index (χ4n) is 3.19. The van der Waals surface area contributed by atoms with E-state index >= 15 is 0 Å². The van der Waals surface area contributed by atoms with Gasteiger partial charge < -0.3 is 5.32 Å². The van der Waals surface area contributed by atoms with Gasteiger partial charge in [-0.2, -0.15) is 0 Å². The molecule has 0 aliphatic heterocycles. The Morgan fingerprint density at radius 2 is 1.72 bits per heavy atom. The summed E-state index contributed by atoms with van der Waals surface area (Å²) < 4.78 is 0. The first-order valence-electron chi connectivity index (χ1n) is 8.88. The molecule has 3 rings (SSSR count). The Kier molecular flexibility index (Phi) is 5.18. The second-order valence-electron chi connectivity index (χ2n) is 6.77. The molecule has 3 aromatic rings. The zero-order valence-corrected chi connectivity index (χ0v) is 15.2. The highest BCUT2D eigenvalue weighted by Crippen LogP contribution is 2.20. The number of hydrogen-bond donors (Lipinski definition) is 1. The molecule has 0 fully saturated rings. The maximum absolute atomic E-state index is 12.4. The molecule has 0 aliphatic carbocycles. The second-order valence-corrected chi connectivity index (χ2v) is 6.77. The summed E-state index contributed by atoms with van der Waals surface area (Å²) in [7, 11) is 0. The molecule has 128 valence electrons. The molecule has 3 aromatic carbocycles. The van der Waals surface area contributed by atoms with Crippen LogP contribution in [0.2, 0.25) is 0 Å². The number of fused-ring (bicyclic) bond motifs is 1. The van der Waals surface area contributed by atoms with Crippen molar-refractivity contribution in [1.29, 1.82) is 0 Å². The monoisotopic (exact) mass is 331 g/mol. The van der Waals surface area contributed by atoms with E-state index in [1.807, 2.05) is 19.1 Å². The van der Waals surface area contributed by atoms with Crippen LogP contribution in [-0.2, 0) is 11.2 Å². The molecule has 1 atom stereocenters. The summed E-state index contributed by atoms with van der Waals surface area (Å²) in [6, 6.07) is 21.0. The van der Waals surface area contributed by atoms with Crippen LogP contribution in [0, 0.1) is 13.8 Å². The van der Waals surface area contributed by atoms with Crippen molar-refractivity contribution in [1.82, 2.24) is 5.32 Å². The highest BCUT2D eigenvalue weighted by atomic mass is 16.1. The molecule has 0 radical (unpaired) electrons. The lowest BCUT2D eigenvalue weighted by Gasteiger charge is -2.16. The molecule has 1 N–H and O–H groups in total. The van der Waals surface area contributed by atoms with Gasteiger partial charge in [-0.1, -0.05) is 60.7 Å². The minimum absolute atomic E-state index is 0.0271. The molecule has 0 bridgehead atoms. The van der Waals surface area contributed by atoms with Gasteiger partial charge >= 0.3 is 0 Å². The Bertz CT molecular complexity index is 892. The van der Waals surface area contributed by atoms with E-state index < -0.39 is 0 Å². The second kappa shape index (κ2) is 7.52. The first kappa shape index (κ1) is 17.2. The number of benzene rings is 3. The number of rotatable bonds is 5. The summed E-state index contributed by atoms with van der Waals surface area (Å²) >= 11 is 0. The predicted octanol–water partition coefficient (Wildman–Crippen LogP) is 5.27. The molecule has 0 aliphatic rings. The predicted molar refractivity (Wildman–Crippen MR) is 105 cm³/mol. The molecule has 0 aromatic heterocycles. The first-order valence-corrected chi connectivity index (χ1v) is 8.88. The summed E-state index contributed by atoms with van der Waals surface area (Å²) in [5, 5.41) is 5.58. The van der Waals surface area contributed by atoms with Crippen molar-refractivity contribution in [3.63, 3.8) is 0 Å². The third-order valence-electron chi connectivity index (χ3n) is 4.91. The number of aryl methyl sites for hydroxylation is 3. The molecular weight excluding hydrogens is 306 g/mol. The maximum Gasteiger partial charge on any atom is 0.220 e. The van der Waals surface area contributed by atoms with Crippen molar-refractivity contribution in [3.8, 4) is 0 Å². The van der Waals surface area contributed by atoms with Gasteiger partial charge in [-0.05, 0) is 60.2 Å². The van der Waals surface area contributed by atoms with Crippen molar-refractivity contribution < 1.29 is 4.79 Å². The SMILES string of the molecule is Cc1ccc([C@H](C)NC(=O)CCc2cccc3ccccc23)cc1C. The molecule has 1 amide bonds. The minimum atomic E-state index is 0.0271. The van der Waals surface area contributed by atoms with Crippen LogP contribution in [0.5, 0.6) is 0 Å². The normalized spacial score (nSPS) is 12.1. The first-order chi connectivity index (χ1) is 12.0. The lowest BCUT2D eigenvalue weighted by molar-refractivity contribution is -0.121. The number of nitrogens with one attached hydrogen (secondary N) is 1. The fourth-order valence-corrected chi connectivity index (χ4v) is 3.19. The number of carbonyl (C=O) groups is 1. The number of hydrogen-bond acceptors (Lipinski definition) is 1. The van der Waals surface area contributed by atoms with E-state index in [1.165, 1.54) is 27.5 Å². The standard InChI is InChI=1S/C23H25NO/c1-16-11-12-21(15-17(16)2)18(3)24-23(25)14-13-20-9-6-8-19-7-4-5-10-22(19)20/h4-12,15,18H,13-14H2,1-3H3,(H,24,25)/t18-/m0/s1. The van der Waals surface area contributed by atoms with Gasteiger partial charge in [-0.15, -0.1) is 0 Å². The average Bonchev–Trinajstić information content (AvgIpc) is 2.62. The highest BCUT2D eigenvalue weighted by Gasteiger charge is 2.11. The van der Waals surface area contributed by atoms with Crippen LogP contribution in [0.4, 0.5) is 0 Å². The van der Waals surface area contributed by atoms with E-state index in [2.05, 4.69) is 67.7 Å². The number of amides is 1. The van der Waals surface area contributed by atoms with Crippen molar-refractivity contribution in [2.45, 2.75) is 39.7 Å². The summed E-state index contributed by atoms with van der Waals surface area (Å²) in [6.07, 6.45) is 1.26. The van der Waals surface area contributed by atoms with E-state index in [9.17, 15) is 4.79 Å². The van der Waals surface area contributed by atoms with Crippen molar-refractivity contribution in [2.24, 2.45) is 0 Å². The van der Waals surface area contributed by atoms with Gasteiger partial charge in [0, 0.05) is 6.42 Å². The van der Waals surface area contributed by atoms with Crippen molar-refractivity contribution in [2.75, 3.05) is 0 Å². The third kappa shape index (κ3) is 4.08. The number of carbonyl (C=O) groups excluding carboxylic acids is 1. The van der Waals surface area contributed by atoms with Crippen LogP contribution < -0.4 is 5.32 Å². The van der Waals surface area contributed by atoms with Crippen LogP contribution >= 0.6 is 0 Å². The fraction of sp³-hybridized carbons (Fsp3) is 0.261. The lowest BCUT2D eigenvalue weighted by atomic mass is 10.00. The molecule has 0 heterocycles. The Hall–Kier alpha value is -2.61. The van der Waals surface area contributed by atoms with Gasteiger partial charge in [0.15, 0.2) is 0 Å². The van der Waals surface area contributed by atoms with Crippen LogP contribution in [0.15, 0.2) is 60.7 Å². The maximum atomic E-state index is 12.4. The van der Waals surface area contributed by atoms with Crippen LogP contribution in [-0.4, -0.2) is 5.91 Å². The Morgan fingerprint density at radius 3 is 2.52 bits per heavy atom. The highest BCUT2D eigenvalue weighted by molar-refractivity contribution is 5.86. The largest absolute Gasteiger partial charge is 0.350 e. The van der Waals surface area contributed by atoms with Crippen LogP contribution in [0.1, 0.15) is 41.6 Å². The van der Waals surface area contributed by atoms with Gasteiger partial charge in [0.25, 0.3) is 0 Å². The smallest absolute Gasteiger partial charge is 0.220 e. The Labute approximate surface area is 149 Å². The summed E-state index contributed by atoms with van der Waals surface area (Å²) in [4.78, 5) is 12.4. The quantitative estimate of drug-likeness (QED) is 0.678. The molecule has 0 saturated heterocycles. The molecule has 25 heavy (non-hydrogen) atoms. The van der Waals surface area contributed by atoms with Gasteiger partial charge in [-0.3, -0.25) is 4.79 Å². The minimum Gasteiger partial charge on any atom is -0.350 e. The third-order valence-corrected chi connectivity index (χ3v) is 4.91. The van der Waals surface area contributed by atoms with E-state index in [0.717, 1.165) is 12.0 Å². The Balaban J connectivity index is 1.63. The molecule has 2 heteroatoms. The van der Waals surface area contributed by atoms with E-state index in [1.54, 1.807) is 0 Å². The molecular formula is C23H25NO. The van der Waals surface area contributed by atoms with Gasteiger partial charge in [0.2, 0.25) is 5.91 Å². The summed E-state index contributed by atoms with van der Waals surface area (Å²) in [6.45, 7) is 6.25. The zero-order valence-electron chi connectivity index (χ0n) is 15.2. The van der Waals surface area contributed by atoms with E-state index in [0.29, 0.717) is 6.42 Å². The lowest BCUT2D eigenvalue weighted by Crippen LogP contribution is -2.26. The topological polar surface area (TPSA) is 29.1 Å². The van der Waals surface area contributed by atoms with Gasteiger partial charge in [0.1, 0.15) is 0 Å². The molecule has 2 nitrogen and oxygen atoms in total. The van der Waals surface area contributed by atoms with Gasteiger partial charge in [-0.25, -0.2) is 0 Å². The van der Waals surface area contributed by atoms with E-state index in [4.69, 9.17) is 0 Å². The van der Waals surface area contributed by atoms with Crippen LogP contribution in [0.25, 0.3) is 10.8 Å². The Morgan fingerprint density at radius 1 is 0.960 bits per heavy atom. The molecule has 0 spiro atoms. The van der Waals surface area contributed by atoms with Crippen molar-refractivity contribution in [3.05, 3.63) is 82.9 Å². The van der Waals surface area contributed by atoms with Crippen molar-refractivity contribution >= 4 is 16.7 Å². The van der Waals surface area contributed by atoms with E-state index in [-0.39, 0.29) is 11.9 Å². The van der Waals surface area contributed by atoms with Crippen LogP contribution in [0.3, 0.4) is 0 Å². The average molecular weight is 331 g/mol. The summed E-state index contributed by atoms with van der Waals surface area (Å²) in [5.41, 5.74) is 4.92. The molecule has 0 unspecified atom stereocenters. The zero-order chi connectivity index (χ0) is 17.8. The molecule has 0 saturated carbocycles. The van der Waals surface area contributed by atoms with Gasteiger partial charge in [0.05, 0.1) is 6.04 Å². The summed E-state index contributed by atoms with van der Waals surface area (Å²) in [5.74, 6) is 0.0960.